The van der Waals surface area contributed by atoms with Gasteiger partial charge in [-0.1, -0.05) is 0 Å². The number of hydrogen-bond acceptors (Lipinski definition) is 4. The maximum atomic E-state index is 12.1. The van der Waals surface area contributed by atoms with Gasteiger partial charge in [-0.05, 0) is 50.9 Å². The van der Waals surface area contributed by atoms with Gasteiger partial charge >= 0.3 is 6.61 Å². The molecule has 0 aliphatic carbocycles. The van der Waals surface area contributed by atoms with Crippen LogP contribution in [0, 0.1) is 5.92 Å². The van der Waals surface area contributed by atoms with E-state index in [1.807, 2.05) is 7.05 Å². The number of nitrogens with zero attached hydrogens (tertiary/aromatic N) is 2. The molecular formula is C14H21F2N3O. The van der Waals surface area contributed by atoms with E-state index in [0.717, 1.165) is 44.2 Å². The molecule has 1 aromatic heterocycles. The van der Waals surface area contributed by atoms with Gasteiger partial charge in [-0.2, -0.15) is 8.78 Å². The highest BCUT2D eigenvalue weighted by Crippen LogP contribution is 2.25. The van der Waals surface area contributed by atoms with E-state index in [0.29, 0.717) is 0 Å². The lowest BCUT2D eigenvalue weighted by molar-refractivity contribution is -0.0500. The number of anilines is 1. The highest BCUT2D eigenvalue weighted by molar-refractivity contribution is 5.41. The van der Waals surface area contributed by atoms with Crippen LogP contribution in [-0.2, 0) is 0 Å². The van der Waals surface area contributed by atoms with Gasteiger partial charge in [0.05, 0.1) is 6.20 Å². The van der Waals surface area contributed by atoms with Crippen LogP contribution < -0.4 is 15.0 Å². The number of alkyl halides is 2. The van der Waals surface area contributed by atoms with E-state index >= 15 is 0 Å². The molecule has 0 unspecified atom stereocenters. The molecule has 2 rings (SSSR count). The fraction of sp³-hybridized carbons (Fsp3) is 0.643. The zero-order chi connectivity index (χ0) is 14.4. The van der Waals surface area contributed by atoms with Crippen LogP contribution in [0.25, 0.3) is 0 Å². The zero-order valence-electron chi connectivity index (χ0n) is 11.7. The van der Waals surface area contributed by atoms with Gasteiger partial charge in [0.25, 0.3) is 0 Å². The molecule has 1 saturated heterocycles. The molecule has 1 aliphatic rings. The maximum absolute atomic E-state index is 12.1. The van der Waals surface area contributed by atoms with Crippen molar-refractivity contribution in [3.05, 3.63) is 18.3 Å². The van der Waals surface area contributed by atoms with Crippen molar-refractivity contribution >= 4 is 5.82 Å². The molecule has 1 N–H and O–H groups in total. The largest absolute Gasteiger partial charge is 0.433 e. The smallest absolute Gasteiger partial charge is 0.387 e. The lowest BCUT2D eigenvalue weighted by Gasteiger charge is -2.32. The summed E-state index contributed by atoms with van der Waals surface area (Å²) in [4.78, 5) is 6.39. The van der Waals surface area contributed by atoms with Crippen LogP contribution in [0.2, 0.25) is 0 Å². The van der Waals surface area contributed by atoms with Crippen molar-refractivity contribution in [2.24, 2.45) is 5.92 Å². The normalized spacial score (nSPS) is 16.7. The summed E-state index contributed by atoms with van der Waals surface area (Å²) in [5.74, 6) is 1.70. The van der Waals surface area contributed by atoms with Crippen LogP contribution in [0.1, 0.15) is 19.3 Å². The summed E-state index contributed by atoms with van der Waals surface area (Å²) >= 11 is 0. The molecule has 20 heavy (non-hydrogen) atoms. The average Bonchev–Trinajstić information content (AvgIpc) is 2.46. The average molecular weight is 285 g/mol. The van der Waals surface area contributed by atoms with Crippen molar-refractivity contribution in [2.45, 2.75) is 25.9 Å². The van der Waals surface area contributed by atoms with Crippen molar-refractivity contribution in [1.29, 1.82) is 0 Å². The van der Waals surface area contributed by atoms with Crippen LogP contribution >= 0.6 is 0 Å². The highest BCUT2D eigenvalue weighted by Gasteiger charge is 2.19. The lowest BCUT2D eigenvalue weighted by atomic mass is 9.93. The van der Waals surface area contributed by atoms with E-state index < -0.39 is 6.61 Å². The minimum absolute atomic E-state index is 0.104. The summed E-state index contributed by atoms with van der Waals surface area (Å²) in [5, 5.41) is 3.18. The fourth-order valence-corrected chi connectivity index (χ4v) is 2.53. The van der Waals surface area contributed by atoms with E-state index in [-0.39, 0.29) is 5.75 Å². The first-order valence-electron chi connectivity index (χ1n) is 6.99. The Balaban J connectivity index is 1.84. The van der Waals surface area contributed by atoms with Gasteiger partial charge in [0.15, 0.2) is 0 Å². The summed E-state index contributed by atoms with van der Waals surface area (Å²) in [7, 11) is 1.97. The van der Waals surface area contributed by atoms with Crippen molar-refractivity contribution in [2.75, 3.05) is 31.6 Å². The second kappa shape index (κ2) is 7.38. The Labute approximate surface area is 118 Å². The van der Waals surface area contributed by atoms with Gasteiger partial charge in [0, 0.05) is 13.1 Å². The Bertz CT molecular complexity index is 392. The van der Waals surface area contributed by atoms with E-state index in [1.165, 1.54) is 12.6 Å². The SMILES string of the molecule is CNCCC1CCN(c2ccc(OC(F)F)cn2)CC1. The summed E-state index contributed by atoms with van der Waals surface area (Å²) in [6, 6.07) is 3.28. The summed E-state index contributed by atoms with van der Waals surface area (Å²) in [6.07, 6.45) is 4.87. The van der Waals surface area contributed by atoms with Crippen LogP contribution in [-0.4, -0.2) is 38.3 Å². The monoisotopic (exact) mass is 285 g/mol. The second-order valence-electron chi connectivity index (χ2n) is 5.05. The third-order valence-electron chi connectivity index (χ3n) is 3.69. The number of ether oxygens (including phenoxy) is 1. The van der Waals surface area contributed by atoms with Gasteiger partial charge < -0.3 is 15.0 Å². The Kier molecular flexibility index (Phi) is 5.52. The van der Waals surface area contributed by atoms with Gasteiger partial charge in [-0.15, -0.1) is 0 Å². The summed E-state index contributed by atoms with van der Waals surface area (Å²) < 4.78 is 28.4. The zero-order valence-corrected chi connectivity index (χ0v) is 11.7. The Hall–Kier alpha value is -1.43. The molecule has 0 radical (unpaired) electrons. The van der Waals surface area contributed by atoms with Crippen molar-refractivity contribution in [1.82, 2.24) is 10.3 Å². The highest BCUT2D eigenvalue weighted by atomic mass is 19.3. The quantitative estimate of drug-likeness (QED) is 0.871. The van der Waals surface area contributed by atoms with E-state index in [1.54, 1.807) is 12.1 Å². The molecule has 0 bridgehead atoms. The topological polar surface area (TPSA) is 37.4 Å². The first-order valence-corrected chi connectivity index (χ1v) is 6.99. The molecule has 112 valence electrons. The van der Waals surface area contributed by atoms with Crippen molar-refractivity contribution in [3.63, 3.8) is 0 Å². The third kappa shape index (κ3) is 4.30. The number of rotatable bonds is 6. The Morgan fingerprint density at radius 3 is 2.70 bits per heavy atom. The van der Waals surface area contributed by atoms with Gasteiger partial charge in [0.1, 0.15) is 11.6 Å². The number of hydrogen-bond donors (Lipinski definition) is 1. The second-order valence-corrected chi connectivity index (χ2v) is 5.05. The number of pyridine rings is 1. The van der Waals surface area contributed by atoms with Gasteiger partial charge in [-0.25, -0.2) is 4.98 Å². The minimum atomic E-state index is -2.80. The van der Waals surface area contributed by atoms with E-state index in [9.17, 15) is 8.78 Å². The van der Waals surface area contributed by atoms with Crippen LogP contribution in [0.4, 0.5) is 14.6 Å². The summed E-state index contributed by atoms with van der Waals surface area (Å²) in [5.41, 5.74) is 0. The lowest BCUT2D eigenvalue weighted by Crippen LogP contribution is -2.34. The molecule has 0 atom stereocenters. The van der Waals surface area contributed by atoms with Crippen LogP contribution in [0.15, 0.2) is 18.3 Å². The molecule has 1 aromatic rings. The molecule has 0 saturated carbocycles. The molecule has 1 aliphatic heterocycles. The van der Waals surface area contributed by atoms with Crippen molar-refractivity contribution in [3.8, 4) is 5.75 Å². The van der Waals surface area contributed by atoms with Gasteiger partial charge in [-0.3, -0.25) is 0 Å². The molecule has 2 heterocycles. The Morgan fingerprint density at radius 2 is 2.15 bits per heavy atom. The molecule has 4 nitrogen and oxygen atoms in total. The van der Waals surface area contributed by atoms with E-state index in [4.69, 9.17) is 0 Å². The van der Waals surface area contributed by atoms with Gasteiger partial charge in [0.2, 0.25) is 0 Å². The number of piperidine rings is 1. The fourth-order valence-electron chi connectivity index (χ4n) is 2.53. The molecule has 0 amide bonds. The number of aromatic nitrogens is 1. The predicted octanol–water partition coefficient (Wildman–Crippen LogP) is 2.51. The molecule has 6 heteroatoms. The van der Waals surface area contributed by atoms with E-state index in [2.05, 4.69) is 19.9 Å². The minimum Gasteiger partial charge on any atom is -0.433 e. The third-order valence-corrected chi connectivity index (χ3v) is 3.69. The number of halogens is 2. The van der Waals surface area contributed by atoms with Crippen LogP contribution in [0.5, 0.6) is 5.75 Å². The first kappa shape index (κ1) is 15.0. The molecule has 0 aromatic carbocycles. The molecule has 0 spiro atoms. The first-order chi connectivity index (χ1) is 9.69. The molecular weight excluding hydrogens is 264 g/mol. The standard InChI is InChI=1S/C14H21F2N3O/c1-17-7-4-11-5-8-19(9-6-11)13-3-2-12(10-18-13)20-14(15)16/h2-3,10-11,14,17H,4-9H2,1H3. The molecule has 1 fully saturated rings. The number of nitrogens with one attached hydrogen (secondary N) is 1. The van der Waals surface area contributed by atoms with Crippen LogP contribution in [0.3, 0.4) is 0 Å². The maximum Gasteiger partial charge on any atom is 0.387 e. The Morgan fingerprint density at radius 1 is 1.40 bits per heavy atom. The van der Waals surface area contributed by atoms with Crippen molar-refractivity contribution < 1.29 is 13.5 Å². The predicted molar refractivity (Wildman–Crippen MR) is 74.3 cm³/mol. The summed E-state index contributed by atoms with van der Waals surface area (Å²) in [6.45, 7) is 0.195.